The van der Waals surface area contributed by atoms with E-state index in [1.165, 1.54) is 7.05 Å². The molecule has 2 aliphatic rings. The lowest BCUT2D eigenvalue weighted by atomic mass is 9.93. The van der Waals surface area contributed by atoms with Gasteiger partial charge in [-0.3, -0.25) is 9.69 Å². The summed E-state index contributed by atoms with van der Waals surface area (Å²) in [5.74, 6) is -1.29. The lowest BCUT2D eigenvalue weighted by Gasteiger charge is -2.47. The van der Waals surface area contributed by atoms with Crippen molar-refractivity contribution in [2.75, 3.05) is 46.3 Å². The Bertz CT molecular complexity index is 1190. The molecule has 2 aromatic carbocycles. The first-order valence-corrected chi connectivity index (χ1v) is 14.0. The third kappa shape index (κ3) is 8.06. The Balaban J connectivity index is 1.47. The largest absolute Gasteiger partial charge is 0.416 e. The van der Waals surface area contributed by atoms with Gasteiger partial charge < -0.3 is 9.80 Å². The van der Waals surface area contributed by atoms with Gasteiger partial charge in [0.25, 0.3) is 5.91 Å². The van der Waals surface area contributed by atoms with Gasteiger partial charge in [-0.15, -0.1) is 0 Å². The summed E-state index contributed by atoms with van der Waals surface area (Å²) in [6, 6.07) is 6.21. The van der Waals surface area contributed by atoms with Gasteiger partial charge in [-0.25, -0.2) is 4.39 Å². The molecule has 13 heteroatoms. The van der Waals surface area contributed by atoms with Gasteiger partial charge in [0.15, 0.2) is 0 Å². The Kier molecular flexibility index (Phi) is 9.83. The van der Waals surface area contributed by atoms with Crippen LogP contribution in [-0.4, -0.2) is 79.1 Å². The van der Waals surface area contributed by atoms with E-state index in [0.29, 0.717) is 49.0 Å². The van der Waals surface area contributed by atoms with Crippen molar-refractivity contribution in [3.05, 3.63) is 68.7 Å². The van der Waals surface area contributed by atoms with Crippen LogP contribution in [0.5, 0.6) is 0 Å². The summed E-state index contributed by atoms with van der Waals surface area (Å²) in [6.45, 7) is 3.74. The molecule has 0 radical (unpaired) electrons. The summed E-state index contributed by atoms with van der Waals surface area (Å²) in [4.78, 5) is 18.8. The van der Waals surface area contributed by atoms with E-state index in [-0.39, 0.29) is 23.6 Å². The predicted octanol–water partition coefficient (Wildman–Crippen LogP) is 7.40. The summed E-state index contributed by atoms with van der Waals surface area (Å²) in [6.07, 6.45) is -9.25. The van der Waals surface area contributed by atoms with E-state index in [1.807, 2.05) is 0 Å². The van der Waals surface area contributed by atoms with Crippen molar-refractivity contribution < 1.29 is 35.5 Å². The zero-order valence-electron chi connectivity index (χ0n) is 22.2. The van der Waals surface area contributed by atoms with Gasteiger partial charge in [-0.2, -0.15) is 26.3 Å². The molecule has 2 aliphatic heterocycles. The van der Waals surface area contributed by atoms with Gasteiger partial charge in [0.1, 0.15) is 6.17 Å². The number of likely N-dealkylation sites (N-methyl/N-ethyl adjacent to an activating group) is 1. The zero-order chi connectivity index (χ0) is 30.1. The fraction of sp³-hybridized carbons (Fsp3) is 0.536. The van der Waals surface area contributed by atoms with Gasteiger partial charge in [0.2, 0.25) is 0 Å². The van der Waals surface area contributed by atoms with E-state index in [9.17, 15) is 35.5 Å². The second-order valence-corrected chi connectivity index (χ2v) is 11.6. The molecule has 2 aromatic rings. The van der Waals surface area contributed by atoms with Crippen LogP contribution in [-0.2, 0) is 12.4 Å². The maximum Gasteiger partial charge on any atom is 0.416 e. The molecule has 4 rings (SSSR count). The summed E-state index contributed by atoms with van der Waals surface area (Å²) in [7, 11) is 1.34. The molecule has 0 aromatic heterocycles. The molecule has 0 unspecified atom stereocenters. The molecule has 2 saturated heterocycles. The highest BCUT2D eigenvalue weighted by molar-refractivity contribution is 6.42. The number of piperidine rings is 1. The number of hydrogen-bond acceptors (Lipinski definition) is 3. The van der Waals surface area contributed by atoms with Crippen LogP contribution in [0.15, 0.2) is 36.4 Å². The number of carbonyl (C=O) groups is 1. The highest BCUT2D eigenvalue weighted by Crippen LogP contribution is 2.37. The quantitative estimate of drug-likeness (QED) is 0.286. The van der Waals surface area contributed by atoms with E-state index >= 15 is 0 Å². The van der Waals surface area contributed by atoms with E-state index < -0.39 is 41.1 Å². The lowest BCUT2D eigenvalue weighted by Crippen LogP contribution is -2.61. The molecule has 0 aliphatic carbocycles. The monoisotopic (exact) mass is 627 g/mol. The maximum absolute atomic E-state index is 13.5. The van der Waals surface area contributed by atoms with E-state index in [4.69, 9.17) is 23.2 Å². The fourth-order valence-corrected chi connectivity index (χ4v) is 5.68. The molecule has 0 spiro atoms. The highest BCUT2D eigenvalue weighted by Gasteiger charge is 2.38. The summed E-state index contributed by atoms with van der Waals surface area (Å²) in [5.41, 5.74) is -3.06. The van der Waals surface area contributed by atoms with Crippen molar-refractivity contribution in [2.45, 2.75) is 49.7 Å². The molecule has 0 bridgehead atoms. The third-order valence-corrected chi connectivity index (χ3v) is 8.54. The number of carbonyl (C=O) groups excluding carboxylic acids is 1. The average Bonchev–Trinajstić information content (AvgIpc) is 2.87. The molecule has 0 saturated carbocycles. The van der Waals surface area contributed by atoms with Crippen molar-refractivity contribution in [3.63, 3.8) is 0 Å². The van der Waals surface area contributed by atoms with E-state index in [2.05, 4.69) is 9.80 Å². The van der Waals surface area contributed by atoms with Crippen LogP contribution in [0.3, 0.4) is 0 Å². The van der Waals surface area contributed by atoms with Crippen LogP contribution in [0.4, 0.5) is 30.7 Å². The van der Waals surface area contributed by atoms with Crippen LogP contribution in [0.1, 0.15) is 52.2 Å². The van der Waals surface area contributed by atoms with Gasteiger partial charge in [0, 0.05) is 57.3 Å². The Labute approximate surface area is 244 Å². The molecule has 1 amide bonds. The van der Waals surface area contributed by atoms with Crippen LogP contribution >= 0.6 is 23.2 Å². The van der Waals surface area contributed by atoms with Gasteiger partial charge in [-0.1, -0.05) is 29.3 Å². The van der Waals surface area contributed by atoms with Crippen LogP contribution in [0.2, 0.25) is 10.0 Å². The normalized spacial score (nSPS) is 18.8. The second kappa shape index (κ2) is 12.7. The molecule has 41 heavy (non-hydrogen) atoms. The summed E-state index contributed by atoms with van der Waals surface area (Å²) < 4.78 is 93.5. The second-order valence-electron chi connectivity index (χ2n) is 10.8. The summed E-state index contributed by atoms with van der Waals surface area (Å²) in [5, 5.41) is 0.612. The minimum atomic E-state index is -5.06. The Morgan fingerprint density at radius 3 is 2.07 bits per heavy atom. The van der Waals surface area contributed by atoms with Crippen LogP contribution in [0, 0.1) is 0 Å². The molecule has 0 N–H and O–H groups in total. The van der Waals surface area contributed by atoms with Crippen molar-refractivity contribution in [2.24, 2.45) is 0 Å². The minimum Gasteiger partial charge on any atom is -0.341 e. The van der Waals surface area contributed by atoms with Crippen molar-refractivity contribution >= 4 is 29.1 Å². The number of hydrogen-bond donors (Lipinski definition) is 0. The van der Waals surface area contributed by atoms with Crippen LogP contribution < -0.4 is 0 Å². The van der Waals surface area contributed by atoms with Gasteiger partial charge in [-0.05, 0) is 61.7 Å². The first kappa shape index (κ1) is 31.8. The molecular weight excluding hydrogens is 598 g/mol. The van der Waals surface area contributed by atoms with E-state index in [0.717, 1.165) is 36.6 Å². The topological polar surface area (TPSA) is 26.8 Å². The predicted molar refractivity (Wildman–Crippen MR) is 143 cm³/mol. The van der Waals surface area contributed by atoms with Gasteiger partial charge in [0.05, 0.1) is 21.2 Å². The molecule has 226 valence electrons. The molecular formula is C28H30Cl2F7N3O. The molecule has 4 nitrogen and oxygen atoms in total. The zero-order valence-corrected chi connectivity index (χ0v) is 23.7. The Morgan fingerprint density at radius 2 is 1.54 bits per heavy atom. The third-order valence-electron chi connectivity index (χ3n) is 7.80. The Morgan fingerprint density at radius 1 is 0.951 bits per heavy atom. The van der Waals surface area contributed by atoms with Crippen molar-refractivity contribution in [3.8, 4) is 0 Å². The smallest absolute Gasteiger partial charge is 0.341 e. The number of alkyl halides is 7. The number of halogens is 9. The molecule has 2 heterocycles. The first-order valence-electron chi connectivity index (χ1n) is 13.2. The van der Waals surface area contributed by atoms with Crippen LogP contribution in [0.25, 0.3) is 0 Å². The minimum absolute atomic E-state index is 0.00453. The molecule has 1 atom stereocenters. The van der Waals surface area contributed by atoms with E-state index in [1.54, 1.807) is 18.2 Å². The Hall–Kier alpha value is -2.08. The number of rotatable bonds is 8. The van der Waals surface area contributed by atoms with Crippen molar-refractivity contribution in [1.82, 2.24) is 14.7 Å². The van der Waals surface area contributed by atoms with Crippen molar-refractivity contribution in [1.29, 1.82) is 0 Å². The number of amides is 1. The average molecular weight is 628 g/mol. The molecule has 2 fully saturated rings. The maximum atomic E-state index is 13.5. The number of benzene rings is 2. The summed E-state index contributed by atoms with van der Waals surface area (Å²) >= 11 is 12.3. The van der Waals surface area contributed by atoms with Gasteiger partial charge >= 0.3 is 12.4 Å². The fourth-order valence-electron chi connectivity index (χ4n) is 5.37. The SMILES string of the molecule is CN(C[C@@H](CCN1CC(N2CCC(F)CC2)C1)c1ccc(Cl)c(Cl)c1)C(=O)c1cc(C(F)(F)F)cc(C(F)(F)F)c1. The number of nitrogens with zero attached hydrogens (tertiary/aromatic N) is 3. The highest BCUT2D eigenvalue weighted by atomic mass is 35.5. The first-order chi connectivity index (χ1) is 19.1. The lowest BCUT2D eigenvalue weighted by molar-refractivity contribution is -0.143. The number of likely N-dealkylation sites (tertiary alicyclic amines) is 2. The standard InChI is InChI=1S/C28H30Cl2F7N3O/c1-38(26(41)19-10-20(27(32,33)34)13-21(11-19)28(35,36)37)14-18(17-2-3-24(29)25(30)12-17)4-7-39-15-23(16-39)40-8-5-22(31)6-9-40/h2-3,10-13,18,22-23H,4-9,14-16H2,1H3/t18-/m1/s1.